The standard InChI is InChI=1S/C14H18N6O2S/c1-6-11(23-8(3)16-6)14(22)20-4-9(12(15)21)10(5-20)13-17-7(2)18-19-13/h9-10H,4-5H2,1-3H3,(H2,15,21)(H,17,18,19)/t9-,10-/m1/s1. The monoisotopic (exact) mass is 334 g/mol. The molecule has 3 N–H and O–H groups in total. The molecule has 1 aliphatic heterocycles. The summed E-state index contributed by atoms with van der Waals surface area (Å²) in [6.45, 7) is 6.12. The Morgan fingerprint density at radius 1 is 1.26 bits per heavy atom. The van der Waals surface area contributed by atoms with E-state index in [0.717, 1.165) is 5.01 Å². The van der Waals surface area contributed by atoms with Crippen LogP contribution in [0.1, 0.15) is 37.9 Å². The molecule has 0 bridgehead atoms. The van der Waals surface area contributed by atoms with E-state index in [0.29, 0.717) is 28.8 Å². The minimum absolute atomic E-state index is 0.117. The molecule has 1 saturated heterocycles. The van der Waals surface area contributed by atoms with Gasteiger partial charge in [0.1, 0.15) is 10.7 Å². The van der Waals surface area contributed by atoms with Gasteiger partial charge in [-0.05, 0) is 20.8 Å². The van der Waals surface area contributed by atoms with E-state index in [9.17, 15) is 9.59 Å². The van der Waals surface area contributed by atoms with Crippen molar-refractivity contribution in [2.75, 3.05) is 13.1 Å². The van der Waals surface area contributed by atoms with E-state index in [1.165, 1.54) is 11.3 Å². The van der Waals surface area contributed by atoms with Gasteiger partial charge in [0.05, 0.1) is 22.5 Å². The van der Waals surface area contributed by atoms with Crippen LogP contribution in [0.5, 0.6) is 0 Å². The molecular formula is C14H18N6O2S. The Labute approximate surface area is 137 Å². The van der Waals surface area contributed by atoms with E-state index in [2.05, 4.69) is 20.2 Å². The highest BCUT2D eigenvalue weighted by molar-refractivity contribution is 7.13. The molecule has 0 unspecified atom stereocenters. The van der Waals surface area contributed by atoms with Gasteiger partial charge in [0.25, 0.3) is 5.91 Å². The number of likely N-dealkylation sites (tertiary alicyclic amines) is 1. The number of hydrogen-bond donors (Lipinski definition) is 2. The number of carbonyl (C=O) groups is 2. The Kier molecular flexibility index (Phi) is 3.88. The van der Waals surface area contributed by atoms with Gasteiger partial charge in [-0.2, -0.15) is 5.10 Å². The third kappa shape index (κ3) is 2.83. The SMILES string of the molecule is Cc1nc([C@@H]2CN(C(=O)c3sc(C)nc3C)C[C@H]2C(N)=O)n[nH]1. The molecule has 0 radical (unpaired) electrons. The zero-order valence-corrected chi connectivity index (χ0v) is 14.0. The van der Waals surface area contributed by atoms with Crippen LogP contribution in [-0.4, -0.2) is 50.0 Å². The second-order valence-electron chi connectivity index (χ2n) is 5.75. The number of aromatic nitrogens is 4. The van der Waals surface area contributed by atoms with Crippen LogP contribution in [0, 0.1) is 26.7 Å². The Hall–Kier alpha value is -2.29. The highest BCUT2D eigenvalue weighted by Gasteiger charge is 2.42. The number of thiazole rings is 1. The number of amides is 2. The first-order chi connectivity index (χ1) is 10.9. The summed E-state index contributed by atoms with van der Waals surface area (Å²) < 4.78 is 0. The van der Waals surface area contributed by atoms with Crippen molar-refractivity contribution in [3.05, 3.63) is 27.2 Å². The lowest BCUT2D eigenvalue weighted by molar-refractivity contribution is -0.121. The zero-order chi connectivity index (χ0) is 16.7. The highest BCUT2D eigenvalue weighted by Crippen LogP contribution is 2.32. The Bertz CT molecular complexity index is 767. The molecule has 0 aromatic carbocycles. The largest absolute Gasteiger partial charge is 0.369 e. The van der Waals surface area contributed by atoms with Gasteiger partial charge in [0.2, 0.25) is 5.91 Å². The average Bonchev–Trinajstić information content (AvgIpc) is 3.16. The molecule has 2 atom stereocenters. The van der Waals surface area contributed by atoms with Gasteiger partial charge in [-0.15, -0.1) is 11.3 Å². The summed E-state index contributed by atoms with van der Waals surface area (Å²) in [5.41, 5.74) is 6.23. The van der Waals surface area contributed by atoms with Crippen molar-refractivity contribution in [3.63, 3.8) is 0 Å². The molecular weight excluding hydrogens is 316 g/mol. The molecule has 122 valence electrons. The number of rotatable bonds is 3. The molecule has 3 heterocycles. The van der Waals surface area contributed by atoms with Crippen molar-refractivity contribution >= 4 is 23.2 Å². The van der Waals surface area contributed by atoms with Crippen LogP contribution < -0.4 is 5.73 Å². The predicted octanol–water partition coefficient (Wildman–Crippen LogP) is 0.528. The first-order valence-corrected chi connectivity index (χ1v) is 8.10. The number of hydrogen-bond acceptors (Lipinski definition) is 6. The van der Waals surface area contributed by atoms with Crippen molar-refractivity contribution in [2.45, 2.75) is 26.7 Å². The smallest absolute Gasteiger partial charge is 0.265 e. The fraction of sp³-hybridized carbons (Fsp3) is 0.500. The third-order valence-electron chi connectivity index (χ3n) is 4.02. The van der Waals surface area contributed by atoms with Gasteiger partial charge in [-0.25, -0.2) is 9.97 Å². The molecule has 2 amide bonds. The lowest BCUT2D eigenvalue weighted by Gasteiger charge is -2.14. The fourth-order valence-corrected chi connectivity index (χ4v) is 3.81. The maximum absolute atomic E-state index is 12.7. The topological polar surface area (TPSA) is 118 Å². The third-order valence-corrected chi connectivity index (χ3v) is 5.08. The number of carbonyl (C=O) groups excluding carboxylic acids is 2. The quantitative estimate of drug-likeness (QED) is 0.849. The number of H-pyrrole nitrogens is 1. The van der Waals surface area contributed by atoms with Crippen LogP contribution in [0.3, 0.4) is 0 Å². The van der Waals surface area contributed by atoms with Gasteiger partial charge in [0, 0.05) is 13.1 Å². The highest BCUT2D eigenvalue weighted by atomic mass is 32.1. The summed E-state index contributed by atoms with van der Waals surface area (Å²) in [6, 6.07) is 0. The second kappa shape index (κ2) is 5.73. The molecule has 2 aromatic rings. The van der Waals surface area contributed by atoms with Gasteiger partial charge in [-0.3, -0.25) is 14.7 Å². The number of aromatic amines is 1. The average molecular weight is 334 g/mol. The molecule has 0 saturated carbocycles. The predicted molar refractivity (Wildman–Crippen MR) is 84.0 cm³/mol. The number of aryl methyl sites for hydroxylation is 3. The van der Waals surface area contributed by atoms with Gasteiger partial charge in [0.15, 0.2) is 5.82 Å². The van der Waals surface area contributed by atoms with E-state index < -0.39 is 11.8 Å². The minimum atomic E-state index is -0.483. The lowest BCUT2D eigenvalue weighted by Crippen LogP contribution is -2.32. The van der Waals surface area contributed by atoms with Crippen LogP contribution in [-0.2, 0) is 4.79 Å². The van der Waals surface area contributed by atoms with Crippen molar-refractivity contribution in [1.82, 2.24) is 25.1 Å². The van der Waals surface area contributed by atoms with Gasteiger partial charge < -0.3 is 10.6 Å². The van der Waals surface area contributed by atoms with E-state index in [4.69, 9.17) is 5.73 Å². The maximum Gasteiger partial charge on any atom is 0.265 e. The van der Waals surface area contributed by atoms with Crippen LogP contribution in [0.4, 0.5) is 0 Å². The second-order valence-corrected chi connectivity index (χ2v) is 6.96. The molecule has 0 spiro atoms. The van der Waals surface area contributed by atoms with E-state index in [1.54, 1.807) is 11.8 Å². The van der Waals surface area contributed by atoms with Crippen molar-refractivity contribution in [3.8, 4) is 0 Å². The van der Waals surface area contributed by atoms with Crippen molar-refractivity contribution in [1.29, 1.82) is 0 Å². The normalized spacial score (nSPS) is 20.9. The molecule has 1 fully saturated rings. The summed E-state index contributed by atoms with van der Waals surface area (Å²) in [6.07, 6.45) is 0. The number of nitrogens with zero attached hydrogens (tertiary/aromatic N) is 4. The molecule has 1 aliphatic rings. The van der Waals surface area contributed by atoms with Crippen molar-refractivity contribution in [2.24, 2.45) is 11.7 Å². The molecule has 9 heteroatoms. The fourth-order valence-electron chi connectivity index (χ4n) is 2.92. The first kappa shape index (κ1) is 15.6. The van der Waals surface area contributed by atoms with Crippen LogP contribution in [0.25, 0.3) is 0 Å². The summed E-state index contributed by atoms with van der Waals surface area (Å²) in [4.78, 5) is 35.3. The number of nitrogens with two attached hydrogens (primary N) is 1. The molecule has 23 heavy (non-hydrogen) atoms. The molecule has 0 aliphatic carbocycles. The molecule has 3 rings (SSSR count). The molecule has 8 nitrogen and oxygen atoms in total. The summed E-state index contributed by atoms with van der Waals surface area (Å²) in [5, 5.41) is 7.74. The van der Waals surface area contributed by atoms with Crippen LogP contribution >= 0.6 is 11.3 Å². The summed E-state index contributed by atoms with van der Waals surface area (Å²) >= 11 is 1.36. The Morgan fingerprint density at radius 2 is 2.00 bits per heavy atom. The molecule has 2 aromatic heterocycles. The minimum Gasteiger partial charge on any atom is -0.369 e. The maximum atomic E-state index is 12.7. The van der Waals surface area contributed by atoms with Crippen LogP contribution in [0.2, 0.25) is 0 Å². The summed E-state index contributed by atoms with van der Waals surface area (Å²) in [7, 11) is 0. The number of primary amides is 1. The van der Waals surface area contributed by atoms with E-state index in [1.807, 2.05) is 13.8 Å². The van der Waals surface area contributed by atoms with E-state index in [-0.39, 0.29) is 18.4 Å². The van der Waals surface area contributed by atoms with Gasteiger partial charge >= 0.3 is 0 Å². The van der Waals surface area contributed by atoms with Crippen molar-refractivity contribution < 1.29 is 9.59 Å². The number of nitrogens with one attached hydrogen (secondary N) is 1. The Balaban J connectivity index is 1.87. The lowest BCUT2D eigenvalue weighted by atomic mass is 9.95. The van der Waals surface area contributed by atoms with Gasteiger partial charge in [-0.1, -0.05) is 0 Å². The summed E-state index contributed by atoms with van der Waals surface area (Å²) in [5.74, 6) is -0.126. The first-order valence-electron chi connectivity index (χ1n) is 7.28. The van der Waals surface area contributed by atoms with E-state index >= 15 is 0 Å². The Morgan fingerprint density at radius 3 is 2.52 bits per heavy atom. The van der Waals surface area contributed by atoms with Crippen LogP contribution in [0.15, 0.2) is 0 Å². The zero-order valence-electron chi connectivity index (χ0n) is 13.2.